The van der Waals surface area contributed by atoms with Gasteiger partial charge >= 0.3 is 6.03 Å². The first-order chi connectivity index (χ1) is 15.0. The number of nitrogens with one attached hydrogen (secondary N) is 2. The van der Waals surface area contributed by atoms with Gasteiger partial charge in [0.2, 0.25) is 5.91 Å². The lowest BCUT2D eigenvalue weighted by molar-refractivity contribution is -0.135. The van der Waals surface area contributed by atoms with E-state index in [1.807, 2.05) is 55.5 Å². The van der Waals surface area contributed by atoms with Crippen LogP contribution in [-0.2, 0) is 21.5 Å². The first-order valence-corrected chi connectivity index (χ1v) is 11.1. The van der Waals surface area contributed by atoms with Gasteiger partial charge in [-0.15, -0.1) is 0 Å². The smallest absolute Gasteiger partial charge is 0.325 e. The van der Waals surface area contributed by atoms with E-state index < -0.39 is 11.6 Å². The summed E-state index contributed by atoms with van der Waals surface area (Å²) in [5, 5.41) is 5.94. The number of hydrogen-bond donors (Lipinski definition) is 2. The van der Waals surface area contributed by atoms with Gasteiger partial charge in [-0.2, -0.15) is 0 Å². The third-order valence-corrected chi connectivity index (χ3v) is 6.35. The summed E-state index contributed by atoms with van der Waals surface area (Å²) in [7, 11) is 0. The topological polar surface area (TPSA) is 78.5 Å². The van der Waals surface area contributed by atoms with Crippen LogP contribution in [0.25, 0.3) is 0 Å². The molecule has 6 nitrogen and oxygen atoms in total. The van der Waals surface area contributed by atoms with Gasteiger partial charge in [-0.3, -0.25) is 14.5 Å². The normalized spacial score (nSPS) is 22.7. The number of aryl methyl sites for hydroxylation is 1. The molecule has 1 fully saturated rings. The van der Waals surface area contributed by atoms with Crippen LogP contribution < -0.4 is 10.6 Å². The largest absolute Gasteiger partial charge is 0.348 e. The number of nitrogens with zero attached hydrogens (tertiary/aromatic N) is 1. The van der Waals surface area contributed by atoms with Crippen LogP contribution >= 0.6 is 0 Å². The molecular weight excluding hydrogens is 390 g/mol. The van der Waals surface area contributed by atoms with Crippen molar-refractivity contribution in [3.63, 3.8) is 0 Å². The fraction of sp³-hybridized carbons (Fsp3) is 0.400. The molecule has 2 N–H and O–H groups in total. The summed E-state index contributed by atoms with van der Waals surface area (Å²) in [6, 6.07) is 16.8. The lowest BCUT2D eigenvalue weighted by Gasteiger charge is -2.28. The molecule has 2 aromatic rings. The fourth-order valence-electron chi connectivity index (χ4n) is 4.73. The Kier molecular flexibility index (Phi) is 6.07. The minimum atomic E-state index is -1.11. The van der Waals surface area contributed by atoms with E-state index in [1.54, 1.807) is 0 Å². The predicted molar refractivity (Wildman–Crippen MR) is 118 cm³/mol. The molecule has 0 aromatic heterocycles. The van der Waals surface area contributed by atoms with E-state index in [-0.39, 0.29) is 24.4 Å². The minimum absolute atomic E-state index is 0.0859. The molecule has 2 atom stereocenters. The van der Waals surface area contributed by atoms with Gasteiger partial charge in [0, 0.05) is 0 Å². The first kappa shape index (κ1) is 21.1. The highest BCUT2D eigenvalue weighted by Gasteiger charge is 2.52. The summed E-state index contributed by atoms with van der Waals surface area (Å²) < 4.78 is 0. The number of fused-ring (bicyclic) bond motifs is 1. The maximum Gasteiger partial charge on any atom is 0.325 e. The Labute approximate surface area is 183 Å². The predicted octanol–water partition coefficient (Wildman–Crippen LogP) is 3.82. The van der Waals surface area contributed by atoms with Crippen molar-refractivity contribution < 1.29 is 14.4 Å². The van der Waals surface area contributed by atoms with Crippen molar-refractivity contribution in [3.8, 4) is 0 Å². The summed E-state index contributed by atoms with van der Waals surface area (Å²) in [5.74, 6) is -0.666. The number of imide groups is 1. The number of unbranched alkanes of at least 4 members (excludes halogenated alkanes) is 1. The van der Waals surface area contributed by atoms with Crippen LogP contribution in [0.1, 0.15) is 61.8 Å². The van der Waals surface area contributed by atoms with Crippen LogP contribution in [0.15, 0.2) is 54.6 Å². The van der Waals surface area contributed by atoms with Gasteiger partial charge in [-0.1, -0.05) is 74.4 Å². The third-order valence-electron chi connectivity index (χ3n) is 6.35. The Balaban J connectivity index is 1.51. The highest BCUT2D eigenvalue weighted by Crippen LogP contribution is 2.34. The van der Waals surface area contributed by atoms with Crippen molar-refractivity contribution in [2.45, 2.75) is 57.0 Å². The van der Waals surface area contributed by atoms with Crippen molar-refractivity contribution in [1.29, 1.82) is 0 Å². The summed E-state index contributed by atoms with van der Waals surface area (Å²) in [6.07, 6.45) is 5.06. The Morgan fingerprint density at radius 2 is 1.87 bits per heavy atom. The SMILES string of the molecule is CCCCC1(c2ccccc2)NC(=O)N(CC(=O)NC2CCCc3ccccc32)C1=O. The average molecular weight is 420 g/mol. The van der Waals surface area contributed by atoms with Crippen molar-refractivity contribution in [2.75, 3.05) is 6.54 Å². The summed E-state index contributed by atoms with van der Waals surface area (Å²) in [6.45, 7) is 1.78. The van der Waals surface area contributed by atoms with E-state index in [1.165, 1.54) is 5.56 Å². The van der Waals surface area contributed by atoms with Gasteiger partial charge < -0.3 is 10.6 Å². The summed E-state index contributed by atoms with van der Waals surface area (Å²) in [4.78, 5) is 40.1. The van der Waals surface area contributed by atoms with Gasteiger partial charge in [0.1, 0.15) is 12.1 Å². The molecule has 6 heteroatoms. The Bertz CT molecular complexity index is 975. The molecule has 2 unspecified atom stereocenters. The molecule has 1 aliphatic carbocycles. The molecule has 162 valence electrons. The minimum Gasteiger partial charge on any atom is -0.348 e. The van der Waals surface area contributed by atoms with Crippen molar-refractivity contribution in [1.82, 2.24) is 15.5 Å². The molecule has 0 spiro atoms. The molecule has 2 aliphatic rings. The van der Waals surface area contributed by atoms with Crippen LogP contribution in [0.5, 0.6) is 0 Å². The molecule has 0 saturated carbocycles. The quantitative estimate of drug-likeness (QED) is 0.670. The zero-order valence-corrected chi connectivity index (χ0v) is 17.9. The Morgan fingerprint density at radius 1 is 1.13 bits per heavy atom. The Morgan fingerprint density at radius 3 is 2.65 bits per heavy atom. The van der Waals surface area contributed by atoms with Crippen molar-refractivity contribution >= 4 is 17.8 Å². The molecule has 31 heavy (non-hydrogen) atoms. The molecule has 1 aliphatic heterocycles. The fourth-order valence-corrected chi connectivity index (χ4v) is 4.73. The molecule has 1 saturated heterocycles. The van der Waals surface area contributed by atoms with E-state index in [9.17, 15) is 14.4 Å². The lowest BCUT2D eigenvalue weighted by atomic mass is 9.85. The van der Waals surface area contributed by atoms with Gasteiger partial charge in [-0.05, 0) is 42.4 Å². The molecular formula is C25H29N3O3. The van der Waals surface area contributed by atoms with E-state index in [0.29, 0.717) is 6.42 Å². The average Bonchev–Trinajstić information content (AvgIpc) is 3.03. The molecule has 4 amide bonds. The van der Waals surface area contributed by atoms with Gasteiger partial charge in [-0.25, -0.2) is 4.79 Å². The number of benzene rings is 2. The number of urea groups is 1. The van der Waals surface area contributed by atoms with Crippen LogP contribution in [0.4, 0.5) is 4.79 Å². The van der Waals surface area contributed by atoms with Gasteiger partial charge in [0.05, 0.1) is 6.04 Å². The second-order valence-corrected chi connectivity index (χ2v) is 8.41. The monoisotopic (exact) mass is 419 g/mol. The maximum atomic E-state index is 13.4. The van der Waals surface area contributed by atoms with Crippen molar-refractivity contribution in [3.05, 3.63) is 71.3 Å². The van der Waals surface area contributed by atoms with E-state index in [0.717, 1.165) is 48.1 Å². The second-order valence-electron chi connectivity index (χ2n) is 8.41. The number of carbonyl (C=O) groups excluding carboxylic acids is 3. The highest BCUT2D eigenvalue weighted by atomic mass is 16.2. The van der Waals surface area contributed by atoms with Gasteiger partial charge in [0.15, 0.2) is 0 Å². The summed E-state index contributed by atoms with van der Waals surface area (Å²) in [5.41, 5.74) is 2.02. The standard InChI is InChI=1S/C25H29N3O3/c1-2-3-16-25(19-12-5-4-6-13-19)23(30)28(24(31)27-25)17-22(29)26-21-15-9-11-18-10-7-8-14-20(18)21/h4-8,10,12-14,21H,2-3,9,11,15-17H2,1H3,(H,26,29)(H,27,31). The molecule has 4 rings (SSSR count). The molecule has 2 aromatic carbocycles. The Hall–Kier alpha value is -3.15. The van der Waals surface area contributed by atoms with E-state index >= 15 is 0 Å². The summed E-state index contributed by atoms with van der Waals surface area (Å²) >= 11 is 0. The first-order valence-electron chi connectivity index (χ1n) is 11.1. The number of hydrogen-bond acceptors (Lipinski definition) is 3. The van der Waals surface area contributed by atoms with Crippen LogP contribution in [0.3, 0.4) is 0 Å². The van der Waals surface area contributed by atoms with E-state index in [2.05, 4.69) is 16.7 Å². The zero-order chi connectivity index (χ0) is 21.8. The zero-order valence-electron chi connectivity index (χ0n) is 17.9. The van der Waals surface area contributed by atoms with Crippen LogP contribution in [0, 0.1) is 0 Å². The van der Waals surface area contributed by atoms with Crippen molar-refractivity contribution in [2.24, 2.45) is 0 Å². The highest BCUT2D eigenvalue weighted by molar-refractivity contribution is 6.09. The maximum absolute atomic E-state index is 13.4. The van der Waals surface area contributed by atoms with Crippen LogP contribution in [-0.4, -0.2) is 29.3 Å². The number of rotatable bonds is 7. The second kappa shape index (κ2) is 8.92. The third kappa shape index (κ3) is 4.07. The molecule has 1 heterocycles. The number of carbonyl (C=O) groups is 3. The lowest BCUT2D eigenvalue weighted by Crippen LogP contribution is -2.45. The van der Waals surface area contributed by atoms with E-state index in [4.69, 9.17) is 0 Å². The van der Waals surface area contributed by atoms with Crippen LogP contribution in [0.2, 0.25) is 0 Å². The number of amides is 4. The molecule has 0 bridgehead atoms. The molecule has 0 radical (unpaired) electrons. The van der Waals surface area contributed by atoms with Gasteiger partial charge in [0.25, 0.3) is 5.91 Å².